The van der Waals surface area contributed by atoms with Crippen molar-refractivity contribution in [1.82, 2.24) is 20.0 Å². The molecular weight excluding hydrogens is 614 g/mol. The highest BCUT2D eigenvalue weighted by Crippen LogP contribution is 2.52. The van der Waals surface area contributed by atoms with Crippen LogP contribution in [-0.4, -0.2) is 92.4 Å². The number of amides is 3. The number of fused-ring (bicyclic) bond motifs is 5. The maximum absolute atomic E-state index is 14.4. The molecule has 3 fully saturated rings. The molecule has 0 aromatic heterocycles. The van der Waals surface area contributed by atoms with Crippen LogP contribution in [0, 0.1) is 17.8 Å². The molecule has 3 unspecified atom stereocenters. The number of carbonyl (C=O) groups excluding carboxylic acids is 3. The summed E-state index contributed by atoms with van der Waals surface area (Å²) in [4.78, 5) is 47.6. The number of aliphatic hydroxyl groups is 1. The van der Waals surface area contributed by atoms with Gasteiger partial charge in [-0.15, -0.1) is 0 Å². The molecule has 3 N–H and O–H groups in total. The third kappa shape index (κ3) is 4.10. The molecule has 8 atom stereocenters. The smallest absolute Gasteiger partial charge is 0.281 e. The third-order valence-electron chi connectivity index (χ3n) is 10.6. The zero-order valence-electron chi connectivity index (χ0n) is 25.5. The molecule has 3 saturated heterocycles. The lowest BCUT2D eigenvalue weighted by molar-refractivity contribution is -0.322. The van der Waals surface area contributed by atoms with Crippen LogP contribution < -0.4 is 10.6 Å². The Labute approximate surface area is 261 Å². The lowest BCUT2D eigenvalue weighted by Crippen LogP contribution is -2.71. The summed E-state index contributed by atoms with van der Waals surface area (Å²) in [6.07, 6.45) is 4.64. The van der Waals surface area contributed by atoms with Gasteiger partial charge in [-0.1, -0.05) is 61.8 Å². The van der Waals surface area contributed by atoms with E-state index in [1.54, 1.807) is 4.90 Å². The predicted octanol–water partition coefficient (Wildman–Crippen LogP) is 3.03. The molecule has 0 saturated carbocycles. The Morgan fingerprint density at radius 1 is 1.26 bits per heavy atom. The minimum absolute atomic E-state index is 0.107. The molecule has 1 aromatic carbocycles. The highest BCUT2D eigenvalue weighted by molar-refractivity contribution is 9.09. The number of rotatable bonds is 5. The number of likely N-dealkylation sites (N-methyl/N-ethyl adjacent to an activating group) is 1. The number of nitrogens with zero attached hydrogens (tertiary/aromatic N) is 3. The fourth-order valence-corrected chi connectivity index (χ4v) is 9.22. The second-order valence-corrected chi connectivity index (χ2v) is 15.0. The topological polar surface area (TPSA) is 114 Å². The Balaban J connectivity index is 1.23. The minimum Gasteiger partial charge on any atom is -0.372 e. The van der Waals surface area contributed by atoms with E-state index in [0.29, 0.717) is 31.8 Å². The molecule has 0 radical (unpaired) electrons. The second kappa shape index (κ2) is 10.0. The van der Waals surface area contributed by atoms with Crippen LogP contribution in [0.15, 0.2) is 24.3 Å². The van der Waals surface area contributed by atoms with Crippen LogP contribution in [0.25, 0.3) is 5.57 Å². The number of ether oxygens (including phenoxy) is 1. The van der Waals surface area contributed by atoms with Crippen LogP contribution in [-0.2, 0) is 19.1 Å². The summed E-state index contributed by atoms with van der Waals surface area (Å²) in [5.74, 6) is -3.62. The van der Waals surface area contributed by atoms with Gasteiger partial charge in [0.1, 0.15) is 12.1 Å². The molecule has 7 rings (SSSR count). The predicted molar refractivity (Wildman–Crippen MR) is 165 cm³/mol. The molecule has 3 amide bonds. The van der Waals surface area contributed by atoms with Crippen LogP contribution in [0.3, 0.4) is 0 Å². The molecule has 0 spiro atoms. The quantitative estimate of drug-likeness (QED) is 0.330. The average Bonchev–Trinajstić information content (AvgIpc) is 3.63. The van der Waals surface area contributed by atoms with E-state index in [1.165, 1.54) is 10.5 Å². The summed E-state index contributed by atoms with van der Waals surface area (Å²) in [5, 5.41) is 18.7. The Kier molecular flexibility index (Phi) is 6.82. The van der Waals surface area contributed by atoms with E-state index in [2.05, 4.69) is 49.7 Å². The van der Waals surface area contributed by atoms with Gasteiger partial charge >= 0.3 is 0 Å². The molecule has 6 aliphatic rings. The summed E-state index contributed by atoms with van der Waals surface area (Å²) in [6.45, 7) is 8.61. The van der Waals surface area contributed by atoms with Gasteiger partial charge in [0, 0.05) is 36.7 Å². The Morgan fingerprint density at radius 3 is 2.74 bits per heavy atom. The van der Waals surface area contributed by atoms with Crippen molar-refractivity contribution in [3.05, 3.63) is 35.4 Å². The third-order valence-corrected chi connectivity index (χ3v) is 11.4. The Hall–Kier alpha value is -2.47. The van der Waals surface area contributed by atoms with Crippen molar-refractivity contribution < 1.29 is 24.2 Å². The summed E-state index contributed by atoms with van der Waals surface area (Å²) in [7, 11) is 2.05. The number of benzene rings is 1. The molecule has 0 bridgehead atoms. The molecule has 10 nitrogen and oxygen atoms in total. The number of halogens is 1. The summed E-state index contributed by atoms with van der Waals surface area (Å²) < 4.78 is 6.45. The van der Waals surface area contributed by atoms with Crippen molar-refractivity contribution in [3.8, 4) is 0 Å². The second-order valence-electron chi connectivity index (χ2n) is 14.0. The van der Waals surface area contributed by atoms with Crippen LogP contribution in [0.2, 0.25) is 0 Å². The Bertz CT molecular complexity index is 1420. The SMILES string of the molecule is CC(C)C[C@H]1C(=O)N2CCCC2[C@]2(O)O[C@](NC(=O)[C@@H]3C=C4c5cccc6c5C(C[C@H]4N(C)C3)C(Br)N6)(C(C)C)C(=O)N12. The number of nitrogens with one attached hydrogen (secondary N) is 2. The van der Waals surface area contributed by atoms with Crippen LogP contribution >= 0.6 is 15.9 Å². The van der Waals surface area contributed by atoms with E-state index in [1.807, 2.05) is 40.8 Å². The monoisotopic (exact) mass is 655 g/mol. The van der Waals surface area contributed by atoms with Gasteiger partial charge in [0.05, 0.1) is 10.9 Å². The van der Waals surface area contributed by atoms with Gasteiger partial charge in [-0.3, -0.25) is 28.9 Å². The molecule has 5 aliphatic heterocycles. The first-order valence-electron chi connectivity index (χ1n) is 15.7. The zero-order valence-corrected chi connectivity index (χ0v) is 27.1. The van der Waals surface area contributed by atoms with Gasteiger partial charge in [-0.2, -0.15) is 0 Å². The Morgan fingerprint density at radius 2 is 2.02 bits per heavy atom. The van der Waals surface area contributed by atoms with Crippen LogP contribution in [0.5, 0.6) is 0 Å². The van der Waals surface area contributed by atoms with E-state index < -0.39 is 41.5 Å². The molecule has 232 valence electrons. The van der Waals surface area contributed by atoms with E-state index in [4.69, 9.17) is 4.74 Å². The number of alkyl halides is 1. The molecule has 1 aromatic rings. The van der Waals surface area contributed by atoms with E-state index in [-0.39, 0.29) is 28.7 Å². The largest absolute Gasteiger partial charge is 0.372 e. The summed E-state index contributed by atoms with van der Waals surface area (Å²) in [6, 6.07) is 4.93. The van der Waals surface area contributed by atoms with Gasteiger partial charge in [0.2, 0.25) is 17.5 Å². The standard InChI is InChI=1S/C32H42BrN5O5/c1-16(2)12-24-29(40)37-11-7-10-25(37)32(42)38(24)30(41)31(43-32,17(3)4)35-28(39)18-13-20-19-8-6-9-22-26(19)21(27(33)34-22)14-23(20)36(5)15-18/h6,8-9,13,16-18,21,23-25,27,34,42H,7,10-12,14-15H2,1-5H3,(H,35,39)/t18-,21?,23-,24+,25?,27?,31-,32+/m1/s1. The maximum atomic E-state index is 14.4. The fourth-order valence-electron chi connectivity index (χ4n) is 8.49. The lowest BCUT2D eigenvalue weighted by Gasteiger charge is -2.49. The van der Waals surface area contributed by atoms with Crippen molar-refractivity contribution in [3.63, 3.8) is 0 Å². The summed E-state index contributed by atoms with van der Waals surface area (Å²) in [5.41, 5.74) is 2.90. The van der Waals surface area contributed by atoms with E-state index in [0.717, 1.165) is 29.7 Å². The van der Waals surface area contributed by atoms with Crippen molar-refractivity contribution in [2.75, 3.05) is 25.5 Å². The highest BCUT2D eigenvalue weighted by atomic mass is 79.9. The first kappa shape index (κ1) is 29.3. The van der Waals surface area contributed by atoms with Gasteiger partial charge in [0.15, 0.2) is 0 Å². The fraction of sp³-hybridized carbons (Fsp3) is 0.656. The van der Waals surface area contributed by atoms with Gasteiger partial charge in [-0.25, -0.2) is 0 Å². The molecule has 5 heterocycles. The van der Waals surface area contributed by atoms with Crippen LogP contribution in [0.1, 0.15) is 70.4 Å². The first-order chi connectivity index (χ1) is 20.4. The normalized spacial score (nSPS) is 38.1. The van der Waals surface area contributed by atoms with Gasteiger partial charge in [-0.05, 0) is 61.4 Å². The number of piperazine rings is 1. The molecular formula is C32H42BrN5O5. The lowest BCUT2D eigenvalue weighted by atomic mass is 9.74. The van der Waals surface area contributed by atoms with Gasteiger partial charge in [0.25, 0.3) is 11.8 Å². The van der Waals surface area contributed by atoms with Crippen LogP contribution in [0.4, 0.5) is 5.69 Å². The highest BCUT2D eigenvalue weighted by Gasteiger charge is 2.72. The van der Waals surface area contributed by atoms with E-state index in [9.17, 15) is 19.5 Å². The number of hydrogen-bond donors (Lipinski definition) is 3. The number of hydrogen-bond acceptors (Lipinski definition) is 7. The number of carbonyl (C=O) groups is 3. The molecule has 43 heavy (non-hydrogen) atoms. The molecule has 1 aliphatic carbocycles. The van der Waals surface area contributed by atoms with E-state index >= 15 is 0 Å². The first-order valence-corrected chi connectivity index (χ1v) is 16.6. The zero-order chi connectivity index (χ0) is 30.6. The molecule has 11 heteroatoms. The van der Waals surface area contributed by atoms with Crippen molar-refractivity contribution in [1.29, 1.82) is 0 Å². The van der Waals surface area contributed by atoms with Crippen molar-refractivity contribution in [2.45, 2.75) is 94.0 Å². The average molecular weight is 657 g/mol. The minimum atomic E-state index is -2.01. The van der Waals surface area contributed by atoms with Crippen molar-refractivity contribution in [2.24, 2.45) is 17.8 Å². The number of anilines is 1. The maximum Gasteiger partial charge on any atom is 0.281 e. The van der Waals surface area contributed by atoms with Crippen molar-refractivity contribution >= 4 is 44.9 Å². The summed E-state index contributed by atoms with van der Waals surface area (Å²) >= 11 is 3.82. The van der Waals surface area contributed by atoms with Gasteiger partial charge < -0.3 is 20.6 Å².